The molecule has 0 radical (unpaired) electrons. The SMILES string of the molecule is CCCC(C(=O)O)n1c(CC#N)nc2ccccc21. The minimum absolute atomic E-state index is 0.113. The van der Waals surface area contributed by atoms with Crippen molar-refractivity contribution in [2.45, 2.75) is 32.2 Å². The zero-order chi connectivity index (χ0) is 13.8. The highest BCUT2D eigenvalue weighted by Gasteiger charge is 2.24. The summed E-state index contributed by atoms with van der Waals surface area (Å²) in [6.45, 7) is 1.94. The molecule has 19 heavy (non-hydrogen) atoms. The molecule has 5 heteroatoms. The summed E-state index contributed by atoms with van der Waals surface area (Å²) in [5.41, 5.74) is 1.50. The van der Waals surface area contributed by atoms with Crippen LogP contribution in [0.3, 0.4) is 0 Å². The topological polar surface area (TPSA) is 78.9 Å². The normalized spacial score (nSPS) is 12.2. The predicted molar refractivity (Wildman–Crippen MR) is 70.6 cm³/mol. The molecule has 1 heterocycles. The van der Waals surface area contributed by atoms with Gasteiger partial charge in [-0.1, -0.05) is 25.5 Å². The van der Waals surface area contributed by atoms with E-state index in [1.807, 2.05) is 37.3 Å². The monoisotopic (exact) mass is 257 g/mol. The van der Waals surface area contributed by atoms with E-state index in [4.69, 9.17) is 5.26 Å². The molecule has 0 amide bonds. The zero-order valence-corrected chi connectivity index (χ0v) is 10.7. The molecule has 1 aromatic heterocycles. The second-order valence-corrected chi connectivity index (χ2v) is 4.36. The number of nitriles is 1. The van der Waals surface area contributed by atoms with Gasteiger partial charge in [0, 0.05) is 0 Å². The van der Waals surface area contributed by atoms with E-state index in [9.17, 15) is 9.90 Å². The molecule has 0 aliphatic carbocycles. The molecule has 0 fully saturated rings. The largest absolute Gasteiger partial charge is 0.480 e. The van der Waals surface area contributed by atoms with Gasteiger partial charge in [0.2, 0.25) is 0 Å². The lowest BCUT2D eigenvalue weighted by Crippen LogP contribution is -2.20. The minimum Gasteiger partial charge on any atom is -0.480 e. The fourth-order valence-electron chi connectivity index (χ4n) is 2.27. The lowest BCUT2D eigenvalue weighted by molar-refractivity contribution is -0.141. The van der Waals surface area contributed by atoms with Gasteiger partial charge in [-0.2, -0.15) is 5.26 Å². The highest BCUT2D eigenvalue weighted by molar-refractivity contribution is 5.80. The van der Waals surface area contributed by atoms with Crippen molar-refractivity contribution in [3.05, 3.63) is 30.1 Å². The molecule has 0 saturated heterocycles. The first-order valence-electron chi connectivity index (χ1n) is 6.24. The Hall–Kier alpha value is -2.35. The van der Waals surface area contributed by atoms with E-state index in [0.717, 1.165) is 17.5 Å². The number of carboxylic acids is 1. The van der Waals surface area contributed by atoms with Crippen LogP contribution in [0.5, 0.6) is 0 Å². The average molecular weight is 257 g/mol. The lowest BCUT2D eigenvalue weighted by Gasteiger charge is -2.16. The number of imidazole rings is 1. The first-order chi connectivity index (χ1) is 9.19. The number of carboxylic acid groups (broad SMARTS) is 1. The van der Waals surface area contributed by atoms with Crippen LogP contribution >= 0.6 is 0 Å². The van der Waals surface area contributed by atoms with Gasteiger partial charge in [-0.05, 0) is 18.6 Å². The fraction of sp³-hybridized carbons (Fsp3) is 0.357. The van der Waals surface area contributed by atoms with Gasteiger partial charge in [0.1, 0.15) is 11.9 Å². The van der Waals surface area contributed by atoms with Crippen LogP contribution in [-0.2, 0) is 11.2 Å². The molecule has 98 valence electrons. The summed E-state index contributed by atoms with van der Waals surface area (Å²) in [5.74, 6) is -0.367. The minimum atomic E-state index is -0.885. The van der Waals surface area contributed by atoms with Crippen molar-refractivity contribution in [3.8, 4) is 6.07 Å². The summed E-state index contributed by atoms with van der Waals surface area (Å²) in [7, 11) is 0. The van der Waals surface area contributed by atoms with Gasteiger partial charge in [0.25, 0.3) is 0 Å². The fourth-order valence-corrected chi connectivity index (χ4v) is 2.27. The molecule has 0 saturated carbocycles. The number of aliphatic carboxylic acids is 1. The number of aromatic nitrogens is 2. The van der Waals surface area contributed by atoms with Crippen molar-refractivity contribution < 1.29 is 9.90 Å². The summed E-state index contributed by atoms with van der Waals surface area (Å²) in [4.78, 5) is 15.8. The Morgan fingerprint density at radius 3 is 2.89 bits per heavy atom. The van der Waals surface area contributed by atoms with Gasteiger partial charge in [-0.25, -0.2) is 9.78 Å². The molecular weight excluding hydrogens is 242 g/mol. The summed E-state index contributed by atoms with van der Waals surface area (Å²) in [6, 6.07) is 8.75. The summed E-state index contributed by atoms with van der Waals surface area (Å²) in [6.07, 6.45) is 1.39. The van der Waals surface area contributed by atoms with Crippen LogP contribution in [-0.4, -0.2) is 20.6 Å². The van der Waals surface area contributed by atoms with Gasteiger partial charge in [0.15, 0.2) is 0 Å². The highest BCUT2D eigenvalue weighted by Crippen LogP contribution is 2.24. The van der Waals surface area contributed by atoms with E-state index in [-0.39, 0.29) is 6.42 Å². The molecule has 1 atom stereocenters. The Morgan fingerprint density at radius 1 is 1.53 bits per heavy atom. The van der Waals surface area contributed by atoms with Crippen LogP contribution < -0.4 is 0 Å². The number of benzene rings is 1. The van der Waals surface area contributed by atoms with Crippen LogP contribution in [0.4, 0.5) is 0 Å². The van der Waals surface area contributed by atoms with Crippen molar-refractivity contribution in [1.82, 2.24) is 9.55 Å². The van der Waals surface area contributed by atoms with E-state index >= 15 is 0 Å². The third-order valence-corrected chi connectivity index (χ3v) is 3.06. The molecule has 2 aromatic rings. The lowest BCUT2D eigenvalue weighted by atomic mass is 10.1. The maximum absolute atomic E-state index is 11.5. The van der Waals surface area contributed by atoms with Gasteiger partial charge < -0.3 is 9.67 Å². The van der Waals surface area contributed by atoms with Gasteiger partial charge in [0.05, 0.1) is 23.5 Å². The van der Waals surface area contributed by atoms with Crippen molar-refractivity contribution in [2.24, 2.45) is 0 Å². The molecular formula is C14H15N3O2. The predicted octanol–water partition coefficient (Wildman–Crippen LogP) is 2.53. The zero-order valence-electron chi connectivity index (χ0n) is 10.7. The number of para-hydroxylation sites is 2. The first-order valence-corrected chi connectivity index (χ1v) is 6.24. The quantitative estimate of drug-likeness (QED) is 0.892. The number of rotatable bonds is 5. The van der Waals surface area contributed by atoms with E-state index in [1.165, 1.54) is 0 Å². The van der Waals surface area contributed by atoms with Crippen LogP contribution in [0.2, 0.25) is 0 Å². The molecule has 0 bridgehead atoms. The Morgan fingerprint density at radius 2 is 2.26 bits per heavy atom. The average Bonchev–Trinajstić information content (AvgIpc) is 2.74. The Bertz CT molecular complexity index is 640. The van der Waals surface area contributed by atoms with E-state index in [0.29, 0.717) is 12.2 Å². The maximum atomic E-state index is 11.5. The van der Waals surface area contributed by atoms with Gasteiger partial charge >= 0.3 is 5.97 Å². The van der Waals surface area contributed by atoms with Crippen LogP contribution in [0.1, 0.15) is 31.6 Å². The molecule has 1 unspecified atom stereocenters. The van der Waals surface area contributed by atoms with Crippen molar-refractivity contribution >= 4 is 17.0 Å². The van der Waals surface area contributed by atoms with Crippen LogP contribution in [0.15, 0.2) is 24.3 Å². The number of hydrogen-bond donors (Lipinski definition) is 1. The Labute approximate surface area is 111 Å². The van der Waals surface area contributed by atoms with E-state index in [2.05, 4.69) is 4.98 Å². The van der Waals surface area contributed by atoms with E-state index in [1.54, 1.807) is 4.57 Å². The third-order valence-electron chi connectivity index (χ3n) is 3.06. The third kappa shape index (κ3) is 2.43. The molecule has 0 aliphatic rings. The molecule has 5 nitrogen and oxygen atoms in total. The Balaban J connectivity index is 2.63. The Kier molecular flexibility index (Phi) is 3.81. The van der Waals surface area contributed by atoms with Crippen LogP contribution in [0, 0.1) is 11.3 Å². The molecule has 1 N–H and O–H groups in total. The molecule has 1 aromatic carbocycles. The van der Waals surface area contributed by atoms with Gasteiger partial charge in [-0.3, -0.25) is 0 Å². The van der Waals surface area contributed by atoms with Crippen molar-refractivity contribution in [1.29, 1.82) is 5.26 Å². The molecule has 0 spiro atoms. The maximum Gasteiger partial charge on any atom is 0.326 e. The van der Waals surface area contributed by atoms with Gasteiger partial charge in [-0.15, -0.1) is 0 Å². The smallest absolute Gasteiger partial charge is 0.326 e. The van der Waals surface area contributed by atoms with Crippen molar-refractivity contribution in [2.75, 3.05) is 0 Å². The number of fused-ring (bicyclic) bond motifs is 1. The summed E-state index contributed by atoms with van der Waals surface area (Å²) in [5, 5.41) is 18.3. The summed E-state index contributed by atoms with van der Waals surface area (Å²) < 4.78 is 1.68. The first kappa shape index (κ1) is 13.1. The number of nitrogens with zero attached hydrogens (tertiary/aromatic N) is 3. The standard InChI is InChI=1S/C14H15N3O2/c1-2-5-12(14(18)19)17-11-7-4-3-6-10(11)16-13(17)8-9-15/h3-4,6-7,12H,2,5,8H2,1H3,(H,18,19). The van der Waals surface area contributed by atoms with E-state index < -0.39 is 12.0 Å². The highest BCUT2D eigenvalue weighted by atomic mass is 16.4. The summed E-state index contributed by atoms with van der Waals surface area (Å²) >= 11 is 0. The number of hydrogen-bond acceptors (Lipinski definition) is 3. The molecule has 2 rings (SSSR count). The van der Waals surface area contributed by atoms with Crippen LogP contribution in [0.25, 0.3) is 11.0 Å². The molecule has 0 aliphatic heterocycles. The van der Waals surface area contributed by atoms with Crippen molar-refractivity contribution in [3.63, 3.8) is 0 Å². The number of carbonyl (C=O) groups is 1. The second kappa shape index (κ2) is 5.53. The second-order valence-electron chi connectivity index (χ2n) is 4.36.